The molecule has 0 spiro atoms. The molecule has 0 aliphatic rings. The standard InChI is InChI=1S/C15H27NO/c1-4-6-11-16(12-7-5-2)13-8-9-15(3)10-14-17/h10,17H,4-7,11-14H2,1-3H3/b15-10-. The van der Waals surface area contributed by atoms with Gasteiger partial charge in [0.1, 0.15) is 0 Å². The monoisotopic (exact) mass is 237 g/mol. The lowest BCUT2D eigenvalue weighted by molar-refractivity contribution is 0.296. The van der Waals surface area contributed by atoms with Gasteiger partial charge in [-0.1, -0.05) is 38.5 Å². The van der Waals surface area contributed by atoms with E-state index >= 15 is 0 Å². The average molecular weight is 237 g/mol. The minimum absolute atomic E-state index is 0.0793. The fourth-order valence-corrected chi connectivity index (χ4v) is 1.51. The Kier molecular flexibility index (Phi) is 11.2. The zero-order chi connectivity index (χ0) is 12.9. The van der Waals surface area contributed by atoms with Gasteiger partial charge in [0, 0.05) is 0 Å². The lowest BCUT2D eigenvalue weighted by Crippen LogP contribution is -2.26. The fraction of sp³-hybridized carbons (Fsp3) is 0.733. The highest BCUT2D eigenvalue weighted by Crippen LogP contribution is 1.98. The molecule has 0 aliphatic carbocycles. The zero-order valence-electron chi connectivity index (χ0n) is 11.6. The van der Waals surface area contributed by atoms with Crippen LogP contribution in [0.2, 0.25) is 0 Å². The Hall–Kier alpha value is -0.780. The highest BCUT2D eigenvalue weighted by molar-refractivity contribution is 5.26. The summed E-state index contributed by atoms with van der Waals surface area (Å²) in [7, 11) is 0. The van der Waals surface area contributed by atoms with Gasteiger partial charge in [-0.3, -0.25) is 4.90 Å². The average Bonchev–Trinajstić information content (AvgIpc) is 2.32. The summed E-state index contributed by atoms with van der Waals surface area (Å²) in [4.78, 5) is 2.42. The van der Waals surface area contributed by atoms with E-state index in [9.17, 15) is 0 Å². The van der Waals surface area contributed by atoms with Crippen LogP contribution in [0.1, 0.15) is 46.5 Å². The second-order valence-electron chi connectivity index (χ2n) is 4.35. The first-order valence-corrected chi connectivity index (χ1v) is 6.73. The molecule has 2 nitrogen and oxygen atoms in total. The van der Waals surface area contributed by atoms with Crippen molar-refractivity contribution in [3.63, 3.8) is 0 Å². The van der Waals surface area contributed by atoms with Crippen molar-refractivity contribution in [2.45, 2.75) is 46.5 Å². The van der Waals surface area contributed by atoms with E-state index in [4.69, 9.17) is 5.11 Å². The van der Waals surface area contributed by atoms with Crippen molar-refractivity contribution in [1.82, 2.24) is 4.90 Å². The van der Waals surface area contributed by atoms with Gasteiger partial charge in [0.25, 0.3) is 0 Å². The molecular formula is C15H27NO. The van der Waals surface area contributed by atoms with Gasteiger partial charge in [-0.2, -0.15) is 0 Å². The Morgan fingerprint density at radius 2 is 1.76 bits per heavy atom. The van der Waals surface area contributed by atoms with Crippen LogP contribution >= 0.6 is 0 Å². The first kappa shape index (κ1) is 16.2. The van der Waals surface area contributed by atoms with Crippen LogP contribution in [-0.4, -0.2) is 36.2 Å². The maximum Gasteiger partial charge on any atom is 0.0624 e. The lowest BCUT2D eigenvalue weighted by Gasteiger charge is -2.18. The highest BCUT2D eigenvalue weighted by Gasteiger charge is 2.00. The van der Waals surface area contributed by atoms with E-state index in [1.165, 1.54) is 25.7 Å². The van der Waals surface area contributed by atoms with E-state index < -0.39 is 0 Å². The van der Waals surface area contributed by atoms with Gasteiger partial charge in [-0.25, -0.2) is 0 Å². The summed E-state index contributed by atoms with van der Waals surface area (Å²) < 4.78 is 0. The van der Waals surface area contributed by atoms with Crippen molar-refractivity contribution in [3.8, 4) is 11.8 Å². The number of allylic oxidation sites excluding steroid dienone is 1. The number of aliphatic hydroxyl groups is 1. The molecule has 0 unspecified atom stereocenters. The van der Waals surface area contributed by atoms with E-state index in [2.05, 4.69) is 30.6 Å². The van der Waals surface area contributed by atoms with Crippen LogP contribution < -0.4 is 0 Å². The SMILES string of the molecule is CCCCN(CC#C/C(C)=C\CO)CCCC. The molecular weight excluding hydrogens is 210 g/mol. The van der Waals surface area contributed by atoms with E-state index in [0.717, 1.165) is 25.2 Å². The van der Waals surface area contributed by atoms with Gasteiger partial charge < -0.3 is 5.11 Å². The quantitative estimate of drug-likeness (QED) is 0.656. The van der Waals surface area contributed by atoms with E-state index in [0.29, 0.717) is 0 Å². The largest absolute Gasteiger partial charge is 0.392 e. The molecule has 17 heavy (non-hydrogen) atoms. The zero-order valence-corrected chi connectivity index (χ0v) is 11.6. The molecule has 0 aromatic rings. The number of rotatable bonds is 8. The molecule has 0 saturated heterocycles. The number of nitrogens with zero attached hydrogens (tertiary/aromatic N) is 1. The molecule has 0 radical (unpaired) electrons. The molecule has 1 N–H and O–H groups in total. The molecule has 0 amide bonds. The van der Waals surface area contributed by atoms with Gasteiger partial charge >= 0.3 is 0 Å². The third-order valence-electron chi connectivity index (χ3n) is 2.64. The topological polar surface area (TPSA) is 23.5 Å². The second-order valence-corrected chi connectivity index (χ2v) is 4.35. The van der Waals surface area contributed by atoms with E-state index in [-0.39, 0.29) is 6.61 Å². The maximum atomic E-state index is 8.72. The Labute approximate surface area is 107 Å². The summed E-state index contributed by atoms with van der Waals surface area (Å²) in [6.07, 6.45) is 6.71. The first-order valence-electron chi connectivity index (χ1n) is 6.73. The van der Waals surface area contributed by atoms with Crippen LogP contribution in [0.25, 0.3) is 0 Å². The number of hydrogen-bond donors (Lipinski definition) is 1. The summed E-state index contributed by atoms with van der Waals surface area (Å²) >= 11 is 0. The predicted molar refractivity (Wildman–Crippen MR) is 74.9 cm³/mol. The van der Waals surface area contributed by atoms with Crippen LogP contribution in [0.3, 0.4) is 0 Å². The minimum Gasteiger partial charge on any atom is -0.392 e. The fourth-order valence-electron chi connectivity index (χ4n) is 1.51. The molecule has 0 aromatic carbocycles. The van der Waals surface area contributed by atoms with E-state index in [1.807, 2.05) is 6.92 Å². The lowest BCUT2D eigenvalue weighted by atomic mass is 10.2. The second kappa shape index (κ2) is 11.7. The molecule has 0 saturated carbocycles. The first-order chi connectivity index (χ1) is 8.24. The normalized spacial score (nSPS) is 11.5. The number of hydrogen-bond acceptors (Lipinski definition) is 2. The molecule has 0 aromatic heterocycles. The van der Waals surface area contributed by atoms with Crippen molar-refractivity contribution < 1.29 is 5.11 Å². The van der Waals surface area contributed by atoms with Gasteiger partial charge in [0.05, 0.1) is 13.2 Å². The maximum absolute atomic E-state index is 8.72. The summed E-state index contributed by atoms with van der Waals surface area (Å²) in [5.74, 6) is 6.26. The van der Waals surface area contributed by atoms with Crippen molar-refractivity contribution in [1.29, 1.82) is 0 Å². The van der Waals surface area contributed by atoms with Gasteiger partial charge in [0.2, 0.25) is 0 Å². The molecule has 0 rings (SSSR count). The summed E-state index contributed by atoms with van der Waals surface area (Å²) in [6, 6.07) is 0. The Morgan fingerprint density at radius 3 is 2.24 bits per heavy atom. The van der Waals surface area contributed by atoms with Gasteiger partial charge in [-0.05, 0) is 44.5 Å². The Morgan fingerprint density at radius 1 is 1.18 bits per heavy atom. The Bertz CT molecular complexity index is 252. The van der Waals surface area contributed by atoms with Crippen LogP contribution in [-0.2, 0) is 0 Å². The predicted octanol–water partition coefficient (Wildman–Crippen LogP) is 2.83. The van der Waals surface area contributed by atoms with Gasteiger partial charge in [-0.15, -0.1) is 0 Å². The molecule has 0 bridgehead atoms. The molecule has 2 heteroatoms. The van der Waals surface area contributed by atoms with Gasteiger partial charge in [0.15, 0.2) is 0 Å². The number of aliphatic hydroxyl groups excluding tert-OH is 1. The molecule has 0 aliphatic heterocycles. The van der Waals surface area contributed by atoms with E-state index in [1.54, 1.807) is 6.08 Å². The Balaban J connectivity index is 4.08. The molecule has 0 fully saturated rings. The smallest absolute Gasteiger partial charge is 0.0624 e. The third kappa shape index (κ3) is 10.1. The molecule has 0 atom stereocenters. The highest BCUT2D eigenvalue weighted by atomic mass is 16.2. The van der Waals surface area contributed by atoms with Crippen LogP contribution in [0.4, 0.5) is 0 Å². The number of unbranched alkanes of at least 4 members (excludes halogenated alkanes) is 2. The summed E-state index contributed by atoms with van der Waals surface area (Å²) in [5.41, 5.74) is 0.957. The van der Waals surface area contributed by atoms with Crippen LogP contribution in [0.5, 0.6) is 0 Å². The summed E-state index contributed by atoms with van der Waals surface area (Å²) in [5, 5.41) is 8.72. The minimum atomic E-state index is 0.0793. The molecule has 98 valence electrons. The van der Waals surface area contributed by atoms with Crippen molar-refractivity contribution >= 4 is 0 Å². The van der Waals surface area contributed by atoms with Crippen molar-refractivity contribution in [2.24, 2.45) is 0 Å². The molecule has 0 heterocycles. The summed E-state index contributed by atoms with van der Waals surface area (Å²) in [6.45, 7) is 9.59. The third-order valence-corrected chi connectivity index (χ3v) is 2.64. The van der Waals surface area contributed by atoms with Crippen LogP contribution in [0.15, 0.2) is 11.6 Å². The van der Waals surface area contributed by atoms with Crippen molar-refractivity contribution in [2.75, 3.05) is 26.2 Å². The van der Waals surface area contributed by atoms with Crippen molar-refractivity contribution in [3.05, 3.63) is 11.6 Å². The van der Waals surface area contributed by atoms with Crippen LogP contribution in [0, 0.1) is 11.8 Å².